The number of carboxylic acids is 1. The Morgan fingerprint density at radius 1 is 1.60 bits per heavy atom. The SMILES string of the molecule is CN1CCC(CN(C)c2cc(C(=O)O)c(N)cc2F)C1. The number of likely N-dealkylation sites (tertiary alicyclic amines) is 1. The molecule has 2 rings (SSSR count). The van der Waals surface area contributed by atoms with Gasteiger partial charge in [-0.05, 0) is 38.1 Å². The van der Waals surface area contributed by atoms with Gasteiger partial charge in [-0.3, -0.25) is 0 Å². The summed E-state index contributed by atoms with van der Waals surface area (Å²) in [5, 5.41) is 9.05. The molecule has 20 heavy (non-hydrogen) atoms. The normalized spacial score (nSPS) is 19.2. The molecule has 1 heterocycles. The molecule has 110 valence electrons. The summed E-state index contributed by atoms with van der Waals surface area (Å²) in [4.78, 5) is 15.1. The van der Waals surface area contributed by atoms with Gasteiger partial charge in [-0.15, -0.1) is 0 Å². The molecule has 1 unspecified atom stereocenters. The molecule has 0 radical (unpaired) electrons. The summed E-state index contributed by atoms with van der Waals surface area (Å²) in [5.41, 5.74) is 5.70. The maximum atomic E-state index is 14.0. The number of nitrogens with two attached hydrogens (primary N) is 1. The second-order valence-corrected chi connectivity index (χ2v) is 5.49. The van der Waals surface area contributed by atoms with E-state index in [1.807, 2.05) is 0 Å². The molecule has 0 bridgehead atoms. The number of anilines is 2. The van der Waals surface area contributed by atoms with Crippen molar-refractivity contribution >= 4 is 17.3 Å². The molecule has 3 N–H and O–H groups in total. The molecule has 1 aliphatic heterocycles. The molecule has 1 aromatic carbocycles. The Labute approximate surface area is 117 Å². The van der Waals surface area contributed by atoms with Crippen LogP contribution in [-0.2, 0) is 0 Å². The standard InChI is InChI=1S/C14H20FN3O2/c1-17-4-3-9(7-17)8-18(2)13-5-10(14(19)20)12(16)6-11(13)15/h5-6,9H,3-4,7-8,16H2,1-2H3,(H,19,20). The lowest BCUT2D eigenvalue weighted by Crippen LogP contribution is -2.28. The van der Waals surface area contributed by atoms with E-state index in [1.165, 1.54) is 6.07 Å². The number of carboxylic acid groups (broad SMARTS) is 1. The maximum Gasteiger partial charge on any atom is 0.337 e. The van der Waals surface area contributed by atoms with E-state index < -0.39 is 11.8 Å². The first kappa shape index (κ1) is 14.6. The van der Waals surface area contributed by atoms with Crippen LogP contribution in [0.15, 0.2) is 12.1 Å². The lowest BCUT2D eigenvalue weighted by atomic mass is 10.1. The van der Waals surface area contributed by atoms with Gasteiger partial charge in [0.25, 0.3) is 0 Å². The molecule has 0 amide bonds. The predicted molar refractivity (Wildman–Crippen MR) is 76.6 cm³/mol. The van der Waals surface area contributed by atoms with Crippen molar-refractivity contribution in [3.05, 3.63) is 23.5 Å². The van der Waals surface area contributed by atoms with Crippen molar-refractivity contribution in [2.45, 2.75) is 6.42 Å². The van der Waals surface area contributed by atoms with E-state index in [9.17, 15) is 9.18 Å². The van der Waals surface area contributed by atoms with E-state index in [0.29, 0.717) is 12.5 Å². The monoisotopic (exact) mass is 281 g/mol. The molecule has 5 nitrogen and oxygen atoms in total. The molecule has 0 spiro atoms. The van der Waals surface area contributed by atoms with Crippen LogP contribution in [-0.4, -0.2) is 49.7 Å². The third-order valence-electron chi connectivity index (χ3n) is 3.78. The predicted octanol–water partition coefficient (Wildman–Crippen LogP) is 1.49. The maximum absolute atomic E-state index is 14.0. The Hall–Kier alpha value is -1.82. The summed E-state index contributed by atoms with van der Waals surface area (Å²) in [5.74, 6) is -1.16. The Balaban J connectivity index is 2.18. The summed E-state index contributed by atoms with van der Waals surface area (Å²) in [6.07, 6.45) is 1.07. The van der Waals surface area contributed by atoms with E-state index >= 15 is 0 Å². The number of rotatable bonds is 4. The van der Waals surface area contributed by atoms with Crippen molar-refractivity contribution < 1.29 is 14.3 Å². The molecule has 1 aliphatic rings. The average Bonchev–Trinajstić information content (AvgIpc) is 2.74. The number of nitrogens with zero attached hydrogens (tertiary/aromatic N) is 2. The number of halogens is 1. The molecule has 0 saturated carbocycles. The summed E-state index contributed by atoms with van der Waals surface area (Å²) in [6.45, 7) is 2.72. The zero-order chi connectivity index (χ0) is 14.9. The van der Waals surface area contributed by atoms with Gasteiger partial charge in [-0.2, -0.15) is 0 Å². The molecular weight excluding hydrogens is 261 g/mol. The average molecular weight is 281 g/mol. The molecule has 1 aromatic rings. The van der Waals surface area contributed by atoms with Crippen molar-refractivity contribution in [3.63, 3.8) is 0 Å². The molecule has 0 aliphatic carbocycles. The van der Waals surface area contributed by atoms with E-state index in [2.05, 4.69) is 11.9 Å². The van der Waals surface area contributed by atoms with Gasteiger partial charge in [-0.25, -0.2) is 9.18 Å². The summed E-state index contributed by atoms with van der Waals surface area (Å²) >= 11 is 0. The summed E-state index contributed by atoms with van der Waals surface area (Å²) < 4.78 is 14.0. The number of hydrogen-bond donors (Lipinski definition) is 2. The second kappa shape index (κ2) is 5.66. The highest BCUT2D eigenvalue weighted by molar-refractivity contribution is 5.95. The second-order valence-electron chi connectivity index (χ2n) is 5.49. The first-order valence-corrected chi connectivity index (χ1v) is 6.60. The number of aromatic carboxylic acids is 1. The van der Waals surface area contributed by atoms with Gasteiger partial charge in [0.2, 0.25) is 0 Å². The third kappa shape index (κ3) is 3.01. The first-order valence-electron chi connectivity index (χ1n) is 6.60. The molecule has 6 heteroatoms. The highest BCUT2D eigenvalue weighted by Gasteiger charge is 2.23. The van der Waals surface area contributed by atoms with Gasteiger partial charge in [0.05, 0.1) is 11.3 Å². The Morgan fingerprint density at radius 2 is 2.30 bits per heavy atom. The molecule has 1 saturated heterocycles. The minimum atomic E-state index is -1.14. The number of nitrogen functional groups attached to an aromatic ring is 1. The van der Waals surface area contributed by atoms with Crippen molar-refractivity contribution in [2.24, 2.45) is 5.92 Å². The minimum absolute atomic E-state index is 0.0484. The van der Waals surface area contributed by atoms with Crippen LogP contribution in [0.3, 0.4) is 0 Å². The zero-order valence-electron chi connectivity index (χ0n) is 11.8. The van der Waals surface area contributed by atoms with Gasteiger partial charge < -0.3 is 20.6 Å². The quantitative estimate of drug-likeness (QED) is 0.818. The van der Waals surface area contributed by atoms with Gasteiger partial charge in [0.15, 0.2) is 0 Å². The number of benzene rings is 1. The van der Waals surface area contributed by atoms with Crippen molar-refractivity contribution in [2.75, 3.05) is 44.4 Å². The Kier molecular flexibility index (Phi) is 4.13. The lowest BCUT2D eigenvalue weighted by Gasteiger charge is -2.24. The van der Waals surface area contributed by atoms with Crippen LogP contribution in [0.25, 0.3) is 0 Å². The van der Waals surface area contributed by atoms with Crippen LogP contribution in [0.5, 0.6) is 0 Å². The van der Waals surface area contributed by atoms with E-state index in [4.69, 9.17) is 10.8 Å². The first-order chi connectivity index (χ1) is 9.38. The van der Waals surface area contributed by atoms with Crippen LogP contribution in [0.4, 0.5) is 15.8 Å². The molecular formula is C14H20FN3O2. The fourth-order valence-electron chi connectivity index (χ4n) is 2.72. The van der Waals surface area contributed by atoms with E-state index in [0.717, 1.165) is 25.6 Å². The topological polar surface area (TPSA) is 69.8 Å². The van der Waals surface area contributed by atoms with Crippen LogP contribution in [0.2, 0.25) is 0 Å². The fourth-order valence-corrected chi connectivity index (χ4v) is 2.72. The highest BCUT2D eigenvalue weighted by Crippen LogP contribution is 2.26. The van der Waals surface area contributed by atoms with Crippen LogP contribution in [0, 0.1) is 11.7 Å². The third-order valence-corrected chi connectivity index (χ3v) is 3.78. The van der Waals surface area contributed by atoms with E-state index in [-0.39, 0.29) is 16.9 Å². The summed E-state index contributed by atoms with van der Waals surface area (Å²) in [7, 11) is 3.84. The molecule has 1 fully saturated rings. The summed E-state index contributed by atoms with van der Waals surface area (Å²) in [6, 6.07) is 2.39. The van der Waals surface area contributed by atoms with Gasteiger partial charge >= 0.3 is 5.97 Å². The fraction of sp³-hybridized carbons (Fsp3) is 0.500. The Morgan fingerprint density at radius 3 is 2.85 bits per heavy atom. The van der Waals surface area contributed by atoms with Crippen molar-refractivity contribution in [3.8, 4) is 0 Å². The zero-order valence-corrected chi connectivity index (χ0v) is 11.8. The van der Waals surface area contributed by atoms with Crippen molar-refractivity contribution in [1.82, 2.24) is 4.90 Å². The van der Waals surface area contributed by atoms with Gasteiger partial charge in [0, 0.05) is 25.8 Å². The minimum Gasteiger partial charge on any atom is -0.478 e. The van der Waals surface area contributed by atoms with Crippen molar-refractivity contribution in [1.29, 1.82) is 0 Å². The van der Waals surface area contributed by atoms with Gasteiger partial charge in [0.1, 0.15) is 5.82 Å². The molecule has 0 aromatic heterocycles. The van der Waals surface area contributed by atoms with E-state index in [1.54, 1.807) is 11.9 Å². The van der Waals surface area contributed by atoms with Crippen LogP contribution in [0.1, 0.15) is 16.8 Å². The van der Waals surface area contributed by atoms with Crippen LogP contribution < -0.4 is 10.6 Å². The van der Waals surface area contributed by atoms with Gasteiger partial charge in [-0.1, -0.05) is 0 Å². The molecule has 1 atom stereocenters. The highest BCUT2D eigenvalue weighted by atomic mass is 19.1. The number of carbonyl (C=O) groups is 1. The van der Waals surface area contributed by atoms with Crippen LogP contribution >= 0.6 is 0 Å². The number of hydrogen-bond acceptors (Lipinski definition) is 4. The smallest absolute Gasteiger partial charge is 0.337 e. The largest absolute Gasteiger partial charge is 0.478 e. The lowest BCUT2D eigenvalue weighted by molar-refractivity contribution is 0.0698. The Bertz CT molecular complexity index is 521.